The van der Waals surface area contributed by atoms with Crippen molar-refractivity contribution in [1.82, 2.24) is 0 Å². The molecule has 14 heteroatoms. The van der Waals surface area contributed by atoms with Gasteiger partial charge >= 0.3 is 24.7 Å². The fourth-order valence-electron chi connectivity index (χ4n) is 2.18. The first-order chi connectivity index (χ1) is 11.6. The first-order valence-electron chi connectivity index (χ1n) is 6.45. The number of benzene rings is 1. The maximum absolute atomic E-state index is 12.8. The van der Waals surface area contributed by atoms with Crippen LogP contribution in [0.3, 0.4) is 0 Å². The number of aryl methyl sites for hydroxylation is 1. The van der Waals surface area contributed by atoms with Gasteiger partial charge in [-0.25, -0.2) is 0 Å². The standard InChI is InChI=1S/C13H8F12O2/c1-5-2-6(8(26,10(14,15)16)11(17,18)19)4-7(3-5)9(27,12(20,21)22)13(23,24)25/h2-4,26-27H,1H3. The average Bonchev–Trinajstić information content (AvgIpc) is 2.39. The van der Waals surface area contributed by atoms with Crippen molar-refractivity contribution < 1.29 is 62.9 Å². The molecule has 0 aliphatic carbocycles. The fraction of sp³-hybridized carbons (Fsp3) is 0.538. The molecule has 2 nitrogen and oxygen atoms in total. The van der Waals surface area contributed by atoms with Crippen LogP contribution >= 0.6 is 0 Å². The Labute approximate surface area is 142 Å². The molecule has 2 N–H and O–H groups in total. The van der Waals surface area contributed by atoms with E-state index in [9.17, 15) is 62.9 Å². The zero-order chi connectivity index (χ0) is 21.9. The Kier molecular flexibility index (Phi) is 5.32. The number of hydrogen-bond acceptors (Lipinski definition) is 2. The second-order valence-corrected chi connectivity index (χ2v) is 5.50. The first-order valence-corrected chi connectivity index (χ1v) is 6.45. The minimum Gasteiger partial charge on any atom is -0.369 e. The molecule has 0 unspecified atom stereocenters. The van der Waals surface area contributed by atoms with Gasteiger partial charge in [0.15, 0.2) is 0 Å². The molecule has 0 spiro atoms. The van der Waals surface area contributed by atoms with Crippen molar-refractivity contribution in [3.05, 3.63) is 34.9 Å². The predicted molar refractivity (Wildman–Crippen MR) is 63.2 cm³/mol. The SMILES string of the molecule is Cc1cc(C(O)(C(F)(F)F)C(F)(F)F)cc(C(O)(C(F)(F)F)C(F)(F)F)c1. The molecule has 0 aliphatic heterocycles. The van der Waals surface area contributed by atoms with Crippen LogP contribution < -0.4 is 0 Å². The second-order valence-electron chi connectivity index (χ2n) is 5.50. The molecule has 0 fully saturated rings. The number of halogens is 12. The molecule has 0 atom stereocenters. The van der Waals surface area contributed by atoms with E-state index in [0.717, 1.165) is 0 Å². The lowest BCUT2D eigenvalue weighted by Crippen LogP contribution is -2.55. The molecule has 0 aromatic heterocycles. The van der Waals surface area contributed by atoms with E-state index in [1.54, 1.807) is 0 Å². The highest BCUT2D eigenvalue weighted by molar-refractivity contribution is 5.39. The molecule has 27 heavy (non-hydrogen) atoms. The summed E-state index contributed by atoms with van der Waals surface area (Å²) in [6.45, 7) is 0.577. The summed E-state index contributed by atoms with van der Waals surface area (Å²) in [4.78, 5) is 0. The lowest BCUT2D eigenvalue weighted by molar-refractivity contribution is -0.378. The molecule has 1 aromatic rings. The fourth-order valence-corrected chi connectivity index (χ4v) is 2.18. The quantitative estimate of drug-likeness (QED) is 0.681. The summed E-state index contributed by atoms with van der Waals surface area (Å²) in [7, 11) is 0. The van der Waals surface area contributed by atoms with Gasteiger partial charge in [0, 0.05) is 11.1 Å². The summed E-state index contributed by atoms with van der Waals surface area (Å²) in [5.74, 6) is 0. The molecule has 0 amide bonds. The van der Waals surface area contributed by atoms with Crippen molar-refractivity contribution in [2.75, 3.05) is 0 Å². The van der Waals surface area contributed by atoms with Gasteiger partial charge in [0.1, 0.15) is 0 Å². The maximum Gasteiger partial charge on any atom is 0.430 e. The molecule has 1 aromatic carbocycles. The minimum absolute atomic E-state index is 0.0996. The third-order valence-electron chi connectivity index (χ3n) is 3.55. The molecule has 0 aliphatic rings. The molecular weight excluding hydrogens is 416 g/mol. The van der Waals surface area contributed by atoms with Crippen molar-refractivity contribution in [2.45, 2.75) is 42.8 Å². The molecule has 156 valence electrons. The zero-order valence-electron chi connectivity index (χ0n) is 12.7. The monoisotopic (exact) mass is 424 g/mol. The summed E-state index contributed by atoms with van der Waals surface area (Å²) in [5, 5.41) is 18.4. The molecule has 0 radical (unpaired) electrons. The number of alkyl halides is 12. The zero-order valence-corrected chi connectivity index (χ0v) is 12.7. The Hall–Kier alpha value is -1.70. The van der Waals surface area contributed by atoms with Crippen LogP contribution in [0.4, 0.5) is 52.7 Å². The van der Waals surface area contributed by atoms with Gasteiger partial charge in [-0.2, -0.15) is 52.7 Å². The lowest BCUT2D eigenvalue weighted by atomic mass is 9.84. The van der Waals surface area contributed by atoms with E-state index in [2.05, 4.69) is 0 Å². The highest BCUT2D eigenvalue weighted by Gasteiger charge is 2.74. The van der Waals surface area contributed by atoms with E-state index in [0.29, 0.717) is 6.92 Å². The van der Waals surface area contributed by atoms with Gasteiger partial charge in [-0.3, -0.25) is 0 Å². The predicted octanol–water partition coefficient (Wildman–Crippen LogP) is 4.62. The van der Waals surface area contributed by atoms with Gasteiger partial charge < -0.3 is 10.2 Å². The normalized spacial score (nSPS) is 15.2. The molecule has 0 heterocycles. The van der Waals surface area contributed by atoms with Crippen LogP contribution in [0, 0.1) is 6.92 Å². The number of aliphatic hydroxyl groups is 2. The van der Waals surface area contributed by atoms with Gasteiger partial charge in [-0.15, -0.1) is 0 Å². The van der Waals surface area contributed by atoms with Crippen LogP contribution in [-0.4, -0.2) is 34.9 Å². The Bertz CT molecular complexity index is 611. The van der Waals surface area contributed by atoms with Crippen LogP contribution in [0.2, 0.25) is 0 Å². The molecule has 0 bridgehead atoms. The van der Waals surface area contributed by atoms with Gasteiger partial charge in [-0.1, -0.05) is 17.7 Å². The van der Waals surface area contributed by atoms with Gasteiger partial charge in [0.05, 0.1) is 0 Å². The third-order valence-corrected chi connectivity index (χ3v) is 3.55. The Morgan fingerprint density at radius 3 is 0.926 bits per heavy atom. The van der Waals surface area contributed by atoms with Crippen molar-refractivity contribution in [3.63, 3.8) is 0 Å². The number of rotatable bonds is 2. The topological polar surface area (TPSA) is 40.5 Å². The maximum atomic E-state index is 12.8. The van der Waals surface area contributed by atoms with Gasteiger partial charge in [0.2, 0.25) is 0 Å². The van der Waals surface area contributed by atoms with E-state index in [1.807, 2.05) is 0 Å². The van der Waals surface area contributed by atoms with Crippen LogP contribution in [0.25, 0.3) is 0 Å². The van der Waals surface area contributed by atoms with E-state index >= 15 is 0 Å². The van der Waals surface area contributed by atoms with Crippen LogP contribution in [0.15, 0.2) is 18.2 Å². The summed E-state index contributed by atoms with van der Waals surface area (Å²) in [6.07, 6.45) is -26.2. The van der Waals surface area contributed by atoms with Crippen molar-refractivity contribution >= 4 is 0 Å². The Balaban J connectivity index is 3.94. The molecule has 0 saturated carbocycles. The van der Waals surface area contributed by atoms with Crippen LogP contribution in [0.1, 0.15) is 16.7 Å². The average molecular weight is 424 g/mol. The van der Waals surface area contributed by atoms with Crippen molar-refractivity contribution in [1.29, 1.82) is 0 Å². The Morgan fingerprint density at radius 2 is 0.741 bits per heavy atom. The minimum atomic E-state index is -6.55. The van der Waals surface area contributed by atoms with Crippen molar-refractivity contribution in [2.24, 2.45) is 0 Å². The second kappa shape index (κ2) is 6.15. The summed E-state index contributed by atoms with van der Waals surface area (Å²) in [5.41, 5.74) is -17.2. The van der Waals surface area contributed by atoms with Crippen LogP contribution in [-0.2, 0) is 11.2 Å². The smallest absolute Gasteiger partial charge is 0.369 e. The molecular formula is C13H8F12O2. The largest absolute Gasteiger partial charge is 0.430 e. The molecule has 1 rings (SSSR count). The van der Waals surface area contributed by atoms with Gasteiger partial charge in [0.25, 0.3) is 11.2 Å². The summed E-state index contributed by atoms with van der Waals surface area (Å²) >= 11 is 0. The van der Waals surface area contributed by atoms with E-state index in [-0.39, 0.29) is 12.1 Å². The first kappa shape index (κ1) is 23.3. The van der Waals surface area contributed by atoms with Crippen molar-refractivity contribution in [3.8, 4) is 0 Å². The van der Waals surface area contributed by atoms with Crippen LogP contribution in [0.5, 0.6) is 0 Å². The third kappa shape index (κ3) is 3.56. The lowest BCUT2D eigenvalue weighted by Gasteiger charge is -2.36. The highest BCUT2D eigenvalue weighted by atomic mass is 19.4. The highest BCUT2D eigenvalue weighted by Crippen LogP contribution is 2.53. The Morgan fingerprint density at radius 1 is 0.519 bits per heavy atom. The van der Waals surface area contributed by atoms with E-state index < -0.39 is 58.7 Å². The summed E-state index contributed by atoms with van der Waals surface area (Å²) < 4.78 is 154. The number of hydrogen-bond donors (Lipinski definition) is 2. The van der Waals surface area contributed by atoms with E-state index in [1.165, 1.54) is 0 Å². The summed E-state index contributed by atoms with van der Waals surface area (Å²) in [6, 6.07) is -1.04. The van der Waals surface area contributed by atoms with Gasteiger partial charge in [-0.05, 0) is 13.0 Å². The molecule has 0 saturated heterocycles. The van der Waals surface area contributed by atoms with E-state index in [4.69, 9.17) is 0 Å².